The predicted molar refractivity (Wildman–Crippen MR) is 73.5 cm³/mol. The Morgan fingerprint density at radius 3 is 2.41 bits per heavy atom. The van der Waals surface area contributed by atoms with Crippen molar-refractivity contribution in [3.05, 3.63) is 29.6 Å². The van der Waals surface area contributed by atoms with Crippen molar-refractivity contribution in [2.24, 2.45) is 5.41 Å². The SMILES string of the molecule is CCC(CC)(CS)COc1ccc(F)cc1C. The lowest BCUT2D eigenvalue weighted by Gasteiger charge is -2.29. The third-order valence-electron chi connectivity index (χ3n) is 3.51. The van der Waals surface area contributed by atoms with Crippen molar-refractivity contribution >= 4 is 12.6 Å². The topological polar surface area (TPSA) is 9.23 Å². The molecule has 1 rings (SSSR count). The molecule has 0 aliphatic carbocycles. The van der Waals surface area contributed by atoms with Gasteiger partial charge in [0, 0.05) is 5.41 Å². The van der Waals surface area contributed by atoms with E-state index in [0.29, 0.717) is 6.61 Å². The molecule has 96 valence electrons. The van der Waals surface area contributed by atoms with Gasteiger partial charge in [-0.2, -0.15) is 12.6 Å². The monoisotopic (exact) mass is 256 g/mol. The number of aryl methyl sites for hydroxylation is 1. The lowest BCUT2D eigenvalue weighted by atomic mass is 9.85. The van der Waals surface area contributed by atoms with Crippen LogP contribution in [0, 0.1) is 18.2 Å². The molecule has 0 aliphatic heterocycles. The zero-order valence-electron chi connectivity index (χ0n) is 10.8. The number of hydrogen-bond acceptors (Lipinski definition) is 2. The highest BCUT2D eigenvalue weighted by Crippen LogP contribution is 2.29. The Bertz CT molecular complexity index is 353. The smallest absolute Gasteiger partial charge is 0.123 e. The third kappa shape index (κ3) is 3.63. The molecule has 0 atom stereocenters. The maximum Gasteiger partial charge on any atom is 0.123 e. The van der Waals surface area contributed by atoms with E-state index in [0.717, 1.165) is 29.9 Å². The van der Waals surface area contributed by atoms with Crippen molar-refractivity contribution in [3.8, 4) is 5.75 Å². The number of rotatable bonds is 6. The second kappa shape index (κ2) is 6.29. The summed E-state index contributed by atoms with van der Waals surface area (Å²) in [6, 6.07) is 4.62. The van der Waals surface area contributed by atoms with Gasteiger partial charge in [0.25, 0.3) is 0 Å². The molecule has 1 aromatic carbocycles. The van der Waals surface area contributed by atoms with Crippen LogP contribution in [-0.4, -0.2) is 12.4 Å². The summed E-state index contributed by atoms with van der Waals surface area (Å²) < 4.78 is 18.8. The summed E-state index contributed by atoms with van der Waals surface area (Å²) in [5.74, 6) is 1.35. The number of halogens is 1. The van der Waals surface area contributed by atoms with Crippen molar-refractivity contribution < 1.29 is 9.13 Å². The van der Waals surface area contributed by atoms with Gasteiger partial charge < -0.3 is 4.74 Å². The Morgan fingerprint density at radius 2 is 1.94 bits per heavy atom. The van der Waals surface area contributed by atoms with Gasteiger partial charge in [0.05, 0.1) is 6.61 Å². The van der Waals surface area contributed by atoms with Gasteiger partial charge in [0.15, 0.2) is 0 Å². The molecule has 0 heterocycles. The van der Waals surface area contributed by atoms with Crippen LogP contribution in [0.2, 0.25) is 0 Å². The van der Waals surface area contributed by atoms with Crippen molar-refractivity contribution in [1.82, 2.24) is 0 Å². The molecule has 17 heavy (non-hydrogen) atoms. The van der Waals surface area contributed by atoms with Crippen molar-refractivity contribution in [1.29, 1.82) is 0 Å². The molecule has 3 heteroatoms. The van der Waals surface area contributed by atoms with Crippen LogP contribution in [0.4, 0.5) is 4.39 Å². The molecule has 0 aromatic heterocycles. The fourth-order valence-electron chi connectivity index (χ4n) is 1.73. The van der Waals surface area contributed by atoms with E-state index < -0.39 is 0 Å². The summed E-state index contributed by atoms with van der Waals surface area (Å²) in [6.07, 6.45) is 2.07. The molecule has 0 fully saturated rings. The molecule has 1 nitrogen and oxygen atoms in total. The van der Waals surface area contributed by atoms with E-state index in [9.17, 15) is 4.39 Å². The zero-order valence-corrected chi connectivity index (χ0v) is 11.7. The highest BCUT2D eigenvalue weighted by molar-refractivity contribution is 7.80. The highest BCUT2D eigenvalue weighted by Gasteiger charge is 2.25. The van der Waals surface area contributed by atoms with Gasteiger partial charge in [-0.25, -0.2) is 4.39 Å². The Kier molecular flexibility index (Phi) is 5.31. The summed E-state index contributed by atoms with van der Waals surface area (Å²) in [5.41, 5.74) is 0.953. The van der Waals surface area contributed by atoms with E-state index in [1.807, 2.05) is 6.92 Å². The molecule has 0 saturated carbocycles. The summed E-state index contributed by atoms with van der Waals surface area (Å²) in [4.78, 5) is 0. The van der Waals surface area contributed by atoms with Gasteiger partial charge in [0.1, 0.15) is 11.6 Å². The average Bonchev–Trinajstić information content (AvgIpc) is 2.33. The number of thiol groups is 1. The molecule has 1 aromatic rings. The maximum absolute atomic E-state index is 13.0. The molecular formula is C14H21FOS. The molecular weight excluding hydrogens is 235 g/mol. The normalized spacial score (nSPS) is 11.6. The summed E-state index contributed by atoms with van der Waals surface area (Å²) in [5, 5.41) is 0. The first-order valence-electron chi connectivity index (χ1n) is 6.06. The minimum atomic E-state index is -0.221. The van der Waals surface area contributed by atoms with Crippen LogP contribution < -0.4 is 4.74 Å². The second-order valence-electron chi connectivity index (χ2n) is 4.56. The van der Waals surface area contributed by atoms with E-state index in [2.05, 4.69) is 26.5 Å². The molecule has 0 radical (unpaired) electrons. The number of benzene rings is 1. The third-order valence-corrected chi connectivity index (χ3v) is 4.18. The van der Waals surface area contributed by atoms with Gasteiger partial charge >= 0.3 is 0 Å². The maximum atomic E-state index is 13.0. The van der Waals surface area contributed by atoms with E-state index in [1.54, 1.807) is 6.07 Å². The minimum Gasteiger partial charge on any atom is -0.493 e. The summed E-state index contributed by atoms with van der Waals surface area (Å²) >= 11 is 4.41. The van der Waals surface area contributed by atoms with Crippen LogP contribution in [0.1, 0.15) is 32.3 Å². The van der Waals surface area contributed by atoms with E-state index in [-0.39, 0.29) is 11.2 Å². The number of hydrogen-bond donors (Lipinski definition) is 1. The van der Waals surface area contributed by atoms with Crippen molar-refractivity contribution in [2.45, 2.75) is 33.6 Å². The average molecular weight is 256 g/mol. The first-order chi connectivity index (χ1) is 8.06. The molecule has 0 unspecified atom stereocenters. The Hall–Kier alpha value is -0.700. The van der Waals surface area contributed by atoms with Crippen LogP contribution >= 0.6 is 12.6 Å². The molecule has 0 spiro atoms. The van der Waals surface area contributed by atoms with Gasteiger partial charge in [0.2, 0.25) is 0 Å². The molecule has 0 bridgehead atoms. The Labute approximate surface area is 109 Å². The van der Waals surface area contributed by atoms with Crippen LogP contribution in [0.15, 0.2) is 18.2 Å². The quantitative estimate of drug-likeness (QED) is 0.749. The lowest BCUT2D eigenvalue weighted by Crippen LogP contribution is -2.29. The second-order valence-corrected chi connectivity index (χ2v) is 4.88. The van der Waals surface area contributed by atoms with Crippen LogP contribution in [0.5, 0.6) is 5.75 Å². The highest BCUT2D eigenvalue weighted by atomic mass is 32.1. The van der Waals surface area contributed by atoms with Crippen molar-refractivity contribution in [2.75, 3.05) is 12.4 Å². The molecule has 0 amide bonds. The van der Waals surface area contributed by atoms with Gasteiger partial charge in [-0.05, 0) is 49.3 Å². The largest absolute Gasteiger partial charge is 0.493 e. The minimum absolute atomic E-state index is 0.115. The first-order valence-corrected chi connectivity index (χ1v) is 6.70. The fourth-order valence-corrected chi connectivity index (χ4v) is 2.27. The van der Waals surface area contributed by atoms with E-state index in [1.165, 1.54) is 12.1 Å². The Balaban J connectivity index is 2.72. The van der Waals surface area contributed by atoms with Gasteiger partial charge in [-0.3, -0.25) is 0 Å². The van der Waals surface area contributed by atoms with E-state index in [4.69, 9.17) is 4.74 Å². The molecule has 0 aliphatic rings. The van der Waals surface area contributed by atoms with Crippen LogP contribution in [-0.2, 0) is 0 Å². The van der Waals surface area contributed by atoms with Gasteiger partial charge in [-0.1, -0.05) is 13.8 Å². The number of ether oxygens (including phenoxy) is 1. The molecule has 0 saturated heterocycles. The van der Waals surface area contributed by atoms with Crippen LogP contribution in [0.3, 0.4) is 0 Å². The summed E-state index contributed by atoms with van der Waals surface area (Å²) in [7, 11) is 0. The fraction of sp³-hybridized carbons (Fsp3) is 0.571. The van der Waals surface area contributed by atoms with Crippen molar-refractivity contribution in [3.63, 3.8) is 0 Å². The lowest BCUT2D eigenvalue weighted by molar-refractivity contribution is 0.156. The van der Waals surface area contributed by atoms with E-state index >= 15 is 0 Å². The van der Waals surface area contributed by atoms with Crippen LogP contribution in [0.25, 0.3) is 0 Å². The first kappa shape index (κ1) is 14.4. The standard InChI is InChI=1S/C14H21FOS/c1-4-14(5-2,10-17)9-16-13-7-6-12(15)8-11(13)3/h6-8,17H,4-5,9-10H2,1-3H3. The Morgan fingerprint density at radius 1 is 1.29 bits per heavy atom. The zero-order chi connectivity index (χ0) is 12.9. The summed E-state index contributed by atoms with van der Waals surface area (Å²) in [6.45, 7) is 6.80. The molecule has 0 N–H and O–H groups in total. The van der Waals surface area contributed by atoms with Gasteiger partial charge in [-0.15, -0.1) is 0 Å². The predicted octanol–water partition coefficient (Wildman–Crippen LogP) is 4.25.